The molecule has 1 aromatic rings. The van der Waals surface area contributed by atoms with Gasteiger partial charge in [-0.05, 0) is 43.4 Å². The lowest BCUT2D eigenvalue weighted by molar-refractivity contribution is -0.184. The number of aryl methyl sites for hydroxylation is 1. The number of sulfonamides is 1. The number of hydrogen-bond acceptors (Lipinski definition) is 3. The van der Waals surface area contributed by atoms with Crippen molar-refractivity contribution in [3.05, 3.63) is 29.8 Å². The first-order valence-corrected chi connectivity index (χ1v) is 9.58. The molecule has 5 nitrogen and oxygen atoms in total. The standard InChI is InChI=1S/C16H21F3N2O3S/c17-16(18,19)12-2-1-3-13(10-12)21-15(22)9-6-11-4-7-14(8-5-11)25(20,23)24/h4-5,7-8,12-13H,1-3,6,9-10H2,(H,21,22)(H2,20,23,24)/t12-,13-/m1/s1. The van der Waals surface area contributed by atoms with Crippen LogP contribution < -0.4 is 10.5 Å². The van der Waals surface area contributed by atoms with E-state index in [2.05, 4.69) is 5.32 Å². The molecule has 1 aromatic carbocycles. The highest BCUT2D eigenvalue weighted by Gasteiger charge is 2.42. The molecule has 0 saturated heterocycles. The molecule has 3 N–H and O–H groups in total. The Kier molecular flexibility index (Phi) is 6.10. The van der Waals surface area contributed by atoms with Gasteiger partial charge in [0.1, 0.15) is 0 Å². The molecule has 2 atom stereocenters. The highest BCUT2D eigenvalue weighted by Crippen LogP contribution is 2.37. The van der Waals surface area contributed by atoms with Gasteiger partial charge in [-0.1, -0.05) is 18.6 Å². The van der Waals surface area contributed by atoms with Gasteiger partial charge in [0.15, 0.2) is 0 Å². The summed E-state index contributed by atoms with van der Waals surface area (Å²) in [4.78, 5) is 11.9. The Hall–Kier alpha value is -1.61. The lowest BCUT2D eigenvalue weighted by Crippen LogP contribution is -2.41. The van der Waals surface area contributed by atoms with E-state index in [0.717, 1.165) is 5.56 Å². The molecule has 1 aliphatic rings. The number of alkyl halides is 3. The maximum Gasteiger partial charge on any atom is 0.391 e. The van der Waals surface area contributed by atoms with Gasteiger partial charge >= 0.3 is 6.18 Å². The van der Waals surface area contributed by atoms with E-state index in [-0.39, 0.29) is 30.1 Å². The molecule has 1 amide bonds. The summed E-state index contributed by atoms with van der Waals surface area (Å²) in [7, 11) is -3.76. The van der Waals surface area contributed by atoms with Gasteiger partial charge in [0.25, 0.3) is 0 Å². The molecule has 1 fully saturated rings. The Bertz CT molecular complexity index is 702. The number of rotatable bonds is 5. The molecule has 0 heterocycles. The van der Waals surface area contributed by atoms with Crippen molar-refractivity contribution in [2.75, 3.05) is 0 Å². The van der Waals surface area contributed by atoms with Crippen molar-refractivity contribution < 1.29 is 26.4 Å². The molecular weight excluding hydrogens is 357 g/mol. The van der Waals surface area contributed by atoms with Crippen LogP contribution >= 0.6 is 0 Å². The molecule has 0 radical (unpaired) electrons. The SMILES string of the molecule is NS(=O)(=O)c1ccc(CCC(=O)N[C@@H]2CCC[C@@H](C(F)(F)F)C2)cc1. The number of benzene rings is 1. The number of primary sulfonamides is 1. The highest BCUT2D eigenvalue weighted by molar-refractivity contribution is 7.89. The molecule has 1 saturated carbocycles. The number of amides is 1. The Balaban J connectivity index is 1.82. The molecule has 140 valence electrons. The monoisotopic (exact) mass is 378 g/mol. The van der Waals surface area contributed by atoms with Crippen LogP contribution in [-0.4, -0.2) is 26.5 Å². The quantitative estimate of drug-likeness (QED) is 0.825. The first kappa shape index (κ1) is 19.7. The Morgan fingerprint density at radius 3 is 2.40 bits per heavy atom. The van der Waals surface area contributed by atoms with Crippen LogP contribution in [0.3, 0.4) is 0 Å². The van der Waals surface area contributed by atoms with Crippen LogP contribution in [0.1, 0.15) is 37.7 Å². The van der Waals surface area contributed by atoms with E-state index in [9.17, 15) is 26.4 Å². The molecular formula is C16H21F3N2O3S. The molecule has 0 aromatic heterocycles. The summed E-state index contributed by atoms with van der Waals surface area (Å²) < 4.78 is 60.6. The molecule has 9 heteroatoms. The minimum absolute atomic E-state index is 0.0129. The molecule has 0 unspecified atom stereocenters. The third-order valence-corrected chi connectivity index (χ3v) is 5.32. The van der Waals surface area contributed by atoms with Gasteiger partial charge in [-0.25, -0.2) is 13.6 Å². The summed E-state index contributed by atoms with van der Waals surface area (Å²) in [5.41, 5.74) is 0.749. The second-order valence-electron chi connectivity index (χ2n) is 6.36. The summed E-state index contributed by atoms with van der Waals surface area (Å²) >= 11 is 0. The fourth-order valence-electron chi connectivity index (χ4n) is 3.02. The predicted octanol–water partition coefficient (Wildman–Crippen LogP) is 2.50. The number of carbonyl (C=O) groups is 1. The molecule has 0 bridgehead atoms. The maximum absolute atomic E-state index is 12.8. The number of carbonyl (C=O) groups excluding carboxylic acids is 1. The van der Waals surface area contributed by atoms with Crippen molar-refractivity contribution in [2.24, 2.45) is 11.1 Å². The van der Waals surface area contributed by atoms with Crippen LogP contribution in [0.25, 0.3) is 0 Å². The molecule has 0 spiro atoms. The average Bonchev–Trinajstić information content (AvgIpc) is 2.52. The van der Waals surface area contributed by atoms with Crippen molar-refractivity contribution in [2.45, 2.75) is 55.6 Å². The fraction of sp³-hybridized carbons (Fsp3) is 0.562. The van der Waals surface area contributed by atoms with Crippen LogP contribution in [0.4, 0.5) is 13.2 Å². The molecule has 1 aliphatic carbocycles. The summed E-state index contributed by atoms with van der Waals surface area (Å²) in [6.07, 6.45) is -2.67. The van der Waals surface area contributed by atoms with Crippen LogP contribution in [0.5, 0.6) is 0 Å². The predicted molar refractivity (Wildman–Crippen MR) is 86.1 cm³/mol. The van der Waals surface area contributed by atoms with E-state index in [1.165, 1.54) is 12.1 Å². The van der Waals surface area contributed by atoms with E-state index >= 15 is 0 Å². The van der Waals surface area contributed by atoms with Gasteiger partial charge in [-0.2, -0.15) is 13.2 Å². The first-order chi connectivity index (χ1) is 11.6. The van der Waals surface area contributed by atoms with E-state index in [1.54, 1.807) is 12.1 Å². The van der Waals surface area contributed by atoms with E-state index in [4.69, 9.17) is 5.14 Å². The van der Waals surface area contributed by atoms with Crippen LogP contribution in [0.2, 0.25) is 0 Å². The largest absolute Gasteiger partial charge is 0.391 e. The van der Waals surface area contributed by atoms with Gasteiger partial charge in [-0.3, -0.25) is 4.79 Å². The minimum atomic E-state index is -4.21. The number of nitrogens with two attached hydrogens (primary N) is 1. The van der Waals surface area contributed by atoms with E-state index < -0.39 is 28.2 Å². The number of hydrogen-bond donors (Lipinski definition) is 2. The second-order valence-corrected chi connectivity index (χ2v) is 7.92. The van der Waals surface area contributed by atoms with Crippen molar-refractivity contribution in [1.82, 2.24) is 5.32 Å². The third-order valence-electron chi connectivity index (χ3n) is 4.39. The van der Waals surface area contributed by atoms with Crippen LogP contribution in [0, 0.1) is 5.92 Å². The Morgan fingerprint density at radius 2 is 1.84 bits per heavy atom. The lowest BCUT2D eigenvalue weighted by atomic mass is 9.85. The van der Waals surface area contributed by atoms with Crippen molar-refractivity contribution in [3.8, 4) is 0 Å². The molecule has 2 rings (SSSR count). The topological polar surface area (TPSA) is 89.3 Å². The zero-order valence-corrected chi connectivity index (χ0v) is 14.4. The van der Waals surface area contributed by atoms with Crippen molar-refractivity contribution >= 4 is 15.9 Å². The van der Waals surface area contributed by atoms with Gasteiger partial charge in [0, 0.05) is 12.5 Å². The van der Waals surface area contributed by atoms with Crippen LogP contribution in [-0.2, 0) is 21.2 Å². The Labute approximate surface area is 144 Å². The first-order valence-electron chi connectivity index (χ1n) is 8.03. The zero-order chi connectivity index (χ0) is 18.7. The second kappa shape index (κ2) is 7.74. The average molecular weight is 378 g/mol. The number of nitrogens with one attached hydrogen (secondary N) is 1. The fourth-order valence-corrected chi connectivity index (χ4v) is 3.54. The van der Waals surface area contributed by atoms with Crippen molar-refractivity contribution in [1.29, 1.82) is 0 Å². The maximum atomic E-state index is 12.8. The number of halogens is 3. The minimum Gasteiger partial charge on any atom is -0.353 e. The summed E-state index contributed by atoms with van der Waals surface area (Å²) in [6, 6.07) is 5.40. The lowest BCUT2D eigenvalue weighted by Gasteiger charge is -2.31. The summed E-state index contributed by atoms with van der Waals surface area (Å²) in [5, 5.41) is 7.67. The van der Waals surface area contributed by atoms with Gasteiger partial charge in [0.2, 0.25) is 15.9 Å². The van der Waals surface area contributed by atoms with Crippen molar-refractivity contribution in [3.63, 3.8) is 0 Å². The third kappa shape index (κ3) is 6.00. The summed E-state index contributed by atoms with van der Waals surface area (Å²) in [6.45, 7) is 0. The normalized spacial score (nSPS) is 21.8. The highest BCUT2D eigenvalue weighted by atomic mass is 32.2. The van der Waals surface area contributed by atoms with Gasteiger partial charge in [-0.15, -0.1) is 0 Å². The van der Waals surface area contributed by atoms with Crippen LogP contribution in [0.15, 0.2) is 29.2 Å². The Morgan fingerprint density at radius 1 is 1.20 bits per heavy atom. The van der Waals surface area contributed by atoms with Gasteiger partial charge < -0.3 is 5.32 Å². The zero-order valence-electron chi connectivity index (χ0n) is 13.6. The summed E-state index contributed by atoms with van der Waals surface area (Å²) in [5.74, 6) is -1.65. The molecule has 0 aliphatic heterocycles. The van der Waals surface area contributed by atoms with E-state index in [1.807, 2.05) is 0 Å². The molecule has 25 heavy (non-hydrogen) atoms. The smallest absolute Gasteiger partial charge is 0.353 e. The van der Waals surface area contributed by atoms with E-state index in [0.29, 0.717) is 19.3 Å². The van der Waals surface area contributed by atoms with Gasteiger partial charge in [0.05, 0.1) is 10.8 Å².